The van der Waals surface area contributed by atoms with Gasteiger partial charge in [0, 0.05) is 77.3 Å². The second-order valence-electron chi connectivity index (χ2n) is 18.5. The average molecular weight is 905 g/mol. The van der Waals surface area contributed by atoms with Crippen LogP contribution in [0.25, 0.3) is 33.3 Å². The summed E-state index contributed by atoms with van der Waals surface area (Å²) in [5, 5.41) is 9.67. The molecule has 2 saturated heterocycles. The van der Waals surface area contributed by atoms with E-state index in [2.05, 4.69) is 62.8 Å². The zero-order valence-electron chi connectivity index (χ0n) is 36.9. The lowest BCUT2D eigenvalue weighted by molar-refractivity contribution is -0.427. The molecule has 0 unspecified atom stereocenters. The minimum absolute atomic E-state index is 0.115. The summed E-state index contributed by atoms with van der Waals surface area (Å²) >= 11 is 6.27. The first-order valence-electron chi connectivity index (χ1n) is 22.1. The number of benzene rings is 3. The van der Waals surface area contributed by atoms with Gasteiger partial charge in [0.1, 0.15) is 16.9 Å². The molecule has 0 bridgehead atoms. The Balaban J connectivity index is 0.970. The summed E-state index contributed by atoms with van der Waals surface area (Å²) < 4.78 is 32.5. The smallest absolute Gasteiger partial charge is 0.279 e. The normalized spacial score (nSPS) is 17.9. The maximum Gasteiger partial charge on any atom is 0.279 e. The van der Waals surface area contributed by atoms with Crippen molar-refractivity contribution in [2.75, 3.05) is 76.7 Å². The first-order chi connectivity index (χ1) is 30.7. The number of amides is 1. The van der Waals surface area contributed by atoms with Gasteiger partial charge >= 0.3 is 0 Å². The molecule has 0 atom stereocenters. The number of piperidine rings is 1. The number of nitrogens with zero attached hydrogens (tertiary/aromatic N) is 7. The van der Waals surface area contributed by atoms with E-state index in [9.17, 15) is 18.1 Å². The van der Waals surface area contributed by atoms with Gasteiger partial charge in [-0.15, -0.1) is 0 Å². The van der Waals surface area contributed by atoms with E-state index in [-0.39, 0.29) is 21.6 Å². The van der Waals surface area contributed by atoms with E-state index in [4.69, 9.17) is 21.7 Å². The molecule has 2 aliphatic heterocycles. The number of H-pyrrole nitrogens is 1. The molecule has 0 radical (unpaired) electrons. The lowest BCUT2D eigenvalue weighted by Crippen LogP contribution is -2.47. The maximum atomic E-state index is 14.3. The lowest BCUT2D eigenvalue weighted by atomic mass is 9.72. The Morgan fingerprint density at radius 1 is 0.969 bits per heavy atom. The number of aromatic nitrogens is 4. The second-order valence-corrected chi connectivity index (χ2v) is 20.6. The van der Waals surface area contributed by atoms with Crippen LogP contribution >= 0.6 is 11.6 Å². The summed E-state index contributed by atoms with van der Waals surface area (Å²) in [6, 6.07) is 21.9. The van der Waals surface area contributed by atoms with E-state index < -0.39 is 15.9 Å². The fraction of sp³-hybridized carbons (Fsp3) is 0.396. The van der Waals surface area contributed by atoms with E-state index in [1.54, 1.807) is 23.0 Å². The molecule has 64 heavy (non-hydrogen) atoms. The van der Waals surface area contributed by atoms with Gasteiger partial charge in [-0.25, -0.2) is 22.8 Å². The van der Waals surface area contributed by atoms with Crippen LogP contribution in [-0.4, -0.2) is 115 Å². The number of hydrogen-bond donors (Lipinski definition) is 3. The zero-order chi connectivity index (χ0) is 44.8. The van der Waals surface area contributed by atoms with Crippen LogP contribution in [0.5, 0.6) is 0 Å². The third-order valence-electron chi connectivity index (χ3n) is 13.3. The number of pyridine rings is 1. The summed E-state index contributed by atoms with van der Waals surface area (Å²) in [5.74, 6) is -0.384. The van der Waals surface area contributed by atoms with E-state index in [1.165, 1.54) is 35.9 Å². The highest BCUT2D eigenvalue weighted by atomic mass is 35.5. The molecule has 5 heterocycles. The van der Waals surface area contributed by atoms with Crippen molar-refractivity contribution in [1.29, 1.82) is 0 Å². The number of allylic oxidation sites excluding steroid dienone is 1. The molecule has 16 heteroatoms. The van der Waals surface area contributed by atoms with E-state index in [0.29, 0.717) is 45.3 Å². The number of piperazine rings is 1. The molecule has 1 amide bonds. The molecule has 3 N–H and O–H groups in total. The Hall–Kier alpha value is -5.61. The van der Waals surface area contributed by atoms with Crippen LogP contribution in [0, 0.1) is 16.2 Å². The van der Waals surface area contributed by atoms with Gasteiger partial charge in [-0.3, -0.25) is 9.69 Å². The lowest BCUT2D eigenvalue weighted by Gasteiger charge is -2.39. The molecule has 2 fully saturated rings. The molecular weight excluding hydrogens is 848 g/mol. The van der Waals surface area contributed by atoms with Crippen molar-refractivity contribution in [3.63, 3.8) is 0 Å². The van der Waals surface area contributed by atoms with Gasteiger partial charge in [0.05, 0.1) is 27.9 Å². The summed E-state index contributed by atoms with van der Waals surface area (Å²) in [5.41, 5.74) is 8.52. The highest BCUT2D eigenvalue weighted by Crippen LogP contribution is 2.43. The van der Waals surface area contributed by atoms with Gasteiger partial charge in [0.15, 0.2) is 7.05 Å². The minimum atomic E-state index is -4.42. The highest BCUT2D eigenvalue weighted by molar-refractivity contribution is 7.90. The summed E-state index contributed by atoms with van der Waals surface area (Å²) in [6.45, 7) is 11.5. The van der Waals surface area contributed by atoms with E-state index in [1.807, 2.05) is 42.6 Å². The van der Waals surface area contributed by atoms with E-state index in [0.717, 1.165) is 94.0 Å². The fourth-order valence-corrected chi connectivity index (χ4v) is 10.6. The number of hydrogen-bond acceptors (Lipinski definition) is 10. The van der Waals surface area contributed by atoms with Crippen molar-refractivity contribution in [1.82, 2.24) is 34.3 Å². The number of carbonyl (C=O) groups excluding carboxylic acids is 1. The molecule has 3 aromatic carbocycles. The molecule has 14 nitrogen and oxygen atoms in total. The topological polar surface area (TPSA) is 152 Å². The summed E-state index contributed by atoms with van der Waals surface area (Å²) in [4.78, 5) is 41.8. The van der Waals surface area contributed by atoms with E-state index >= 15 is 0 Å². The molecule has 3 aliphatic rings. The van der Waals surface area contributed by atoms with Crippen LogP contribution in [0.15, 0.2) is 95.7 Å². The predicted octanol–water partition coefficient (Wildman–Crippen LogP) is 8.25. The molecule has 0 saturated carbocycles. The van der Waals surface area contributed by atoms with Gasteiger partial charge in [0.2, 0.25) is 0 Å². The van der Waals surface area contributed by atoms with Crippen molar-refractivity contribution < 1.29 is 18.0 Å². The molecule has 9 rings (SSSR count). The average Bonchev–Trinajstić information content (AvgIpc) is 3.92. The van der Waals surface area contributed by atoms with Gasteiger partial charge in [-0.05, 0) is 129 Å². The Morgan fingerprint density at radius 2 is 1.73 bits per heavy atom. The summed E-state index contributed by atoms with van der Waals surface area (Å²) in [6.07, 6.45) is 8.78. The second kappa shape index (κ2) is 17.8. The number of rotatable bonds is 12. The first kappa shape index (κ1) is 43.6. The number of carbonyl (C=O) groups is 1. The summed E-state index contributed by atoms with van der Waals surface area (Å²) in [7, 11) is -0.982. The third-order valence-corrected chi connectivity index (χ3v) is 14.9. The van der Waals surface area contributed by atoms with Crippen LogP contribution in [0.1, 0.15) is 61.9 Å². The fourth-order valence-electron chi connectivity index (χ4n) is 9.44. The standard InChI is InChI=1S/C48H55ClN10O4S/c1-48(2)17-13-35(40(28-48)33-5-7-36(49)8-6-33)31-57-21-23-58(24-22-57)37-9-11-39(43(26-37)59-45-25-34-14-18-50-46(34)53-42(45)30-52-59)47(60)54-64(62,63)38-10-12-41(44(27-38)56(4)61)51-29-32-15-19-55(3)20-16-32/h5-12,14,18,25-27,30,32H,13,15-17,19-24,28-29,31H2,1-4H3,(H2-,50,51,52,53,54,60,61)/p+1. The highest BCUT2D eigenvalue weighted by Gasteiger charge is 2.31. The van der Waals surface area contributed by atoms with Crippen molar-refractivity contribution in [3.8, 4) is 5.69 Å². The Morgan fingerprint density at radius 3 is 2.48 bits per heavy atom. The number of aromatic amines is 1. The molecular formula is C48H56ClN10O4S+. The maximum absolute atomic E-state index is 14.3. The monoisotopic (exact) mass is 903 g/mol. The number of nitrogens with one attached hydrogen (secondary N) is 3. The van der Waals surface area contributed by atoms with Crippen LogP contribution in [-0.2, 0) is 10.0 Å². The van der Waals surface area contributed by atoms with Crippen LogP contribution in [0.4, 0.5) is 17.1 Å². The molecule has 334 valence electrons. The number of anilines is 2. The number of nitroso groups, excluding NO2 is 1. The van der Waals surface area contributed by atoms with Crippen LogP contribution in [0.3, 0.4) is 0 Å². The molecule has 3 aromatic heterocycles. The predicted molar refractivity (Wildman–Crippen MR) is 254 cm³/mol. The minimum Gasteiger partial charge on any atom is -0.379 e. The van der Waals surface area contributed by atoms with Gasteiger partial charge in [-0.1, -0.05) is 43.2 Å². The van der Waals surface area contributed by atoms with Crippen LogP contribution in [0.2, 0.25) is 5.02 Å². The Kier molecular flexibility index (Phi) is 12.1. The molecule has 0 spiro atoms. The van der Waals surface area contributed by atoms with Crippen LogP contribution < -0.4 is 14.9 Å². The third kappa shape index (κ3) is 9.30. The zero-order valence-corrected chi connectivity index (χ0v) is 38.5. The van der Waals surface area contributed by atoms with Gasteiger partial charge in [0.25, 0.3) is 21.6 Å². The molecule has 6 aromatic rings. The first-order valence-corrected chi connectivity index (χ1v) is 24.0. The quantitative estimate of drug-likeness (QED) is 0.102. The number of sulfonamides is 1. The van der Waals surface area contributed by atoms with Crippen molar-refractivity contribution in [3.05, 3.63) is 112 Å². The largest absolute Gasteiger partial charge is 0.379 e. The van der Waals surface area contributed by atoms with Crippen molar-refractivity contribution in [2.45, 2.75) is 50.8 Å². The number of likely N-dealkylation sites (tertiary alicyclic amines) is 1. The van der Waals surface area contributed by atoms with Crippen molar-refractivity contribution >= 4 is 72.2 Å². The SMILES string of the molecule is CN1CCC(CNc2ccc(S(=O)(=O)NC(=O)c3ccc(N4CCN(CC5=C(c6ccc(Cl)cc6)CC(C)(C)CC5)CC4)cc3-n3ncc4nc5[nH]ccc5cc43)cc2[N+](C)=O)CC1. The Bertz CT molecular complexity index is 2870. The molecule has 1 aliphatic carbocycles. The van der Waals surface area contributed by atoms with Crippen molar-refractivity contribution in [2.24, 2.45) is 11.3 Å². The van der Waals surface area contributed by atoms with Gasteiger partial charge < -0.3 is 20.1 Å². The van der Waals surface area contributed by atoms with Gasteiger partial charge in [-0.2, -0.15) is 5.10 Å². The number of halogens is 1. The Labute approximate surface area is 379 Å². The number of fused-ring (bicyclic) bond motifs is 2.